The summed E-state index contributed by atoms with van der Waals surface area (Å²) in [4.78, 5) is 18.5. The van der Waals surface area contributed by atoms with Gasteiger partial charge in [-0.3, -0.25) is 4.79 Å². The molecule has 0 radical (unpaired) electrons. The van der Waals surface area contributed by atoms with Crippen LogP contribution >= 0.6 is 15.9 Å². The second-order valence-corrected chi connectivity index (χ2v) is 5.98. The summed E-state index contributed by atoms with van der Waals surface area (Å²) in [6.45, 7) is 1.98. The van der Waals surface area contributed by atoms with E-state index >= 15 is 0 Å². The van der Waals surface area contributed by atoms with Crippen LogP contribution in [0.2, 0.25) is 0 Å². The molecule has 0 spiro atoms. The van der Waals surface area contributed by atoms with Gasteiger partial charge in [0.2, 0.25) is 11.7 Å². The quantitative estimate of drug-likeness (QED) is 0.461. The van der Waals surface area contributed by atoms with Crippen molar-refractivity contribution in [3.63, 3.8) is 0 Å². The number of hydrogen-bond acceptors (Lipinski definition) is 4. The molecule has 0 fully saturated rings. The zero-order valence-corrected chi connectivity index (χ0v) is 14.3. The lowest BCUT2D eigenvalue weighted by Gasteiger charge is -2.12. The van der Waals surface area contributed by atoms with Crippen molar-refractivity contribution >= 4 is 21.7 Å². The van der Waals surface area contributed by atoms with Crippen molar-refractivity contribution in [2.75, 3.05) is 14.1 Å². The number of halogens is 1. The normalized spacial score (nSPS) is 11.2. The van der Waals surface area contributed by atoms with E-state index in [1.807, 2.05) is 33.2 Å². The van der Waals surface area contributed by atoms with Gasteiger partial charge in [0.1, 0.15) is 0 Å². The second-order valence-electron chi connectivity index (χ2n) is 5.07. The summed E-state index contributed by atoms with van der Waals surface area (Å²) >= 11 is 3.36. The number of aromatic nitrogens is 1. The lowest BCUT2D eigenvalue weighted by molar-refractivity contribution is 0.0980. The molecule has 1 aromatic carbocycles. The Hall–Kier alpha value is -2.14. The van der Waals surface area contributed by atoms with Crippen molar-refractivity contribution in [1.29, 1.82) is 0 Å². The maximum atomic E-state index is 12.6. The van der Waals surface area contributed by atoms with E-state index in [1.54, 1.807) is 41.6 Å². The molecule has 5 heteroatoms. The Morgan fingerprint density at radius 3 is 2.50 bits per heavy atom. The number of nitrogens with zero attached hydrogens (tertiary/aromatic N) is 2. The zero-order valence-electron chi connectivity index (χ0n) is 12.7. The van der Waals surface area contributed by atoms with Crippen molar-refractivity contribution in [2.45, 2.75) is 6.92 Å². The van der Waals surface area contributed by atoms with E-state index in [0.29, 0.717) is 11.4 Å². The van der Waals surface area contributed by atoms with Gasteiger partial charge >= 0.3 is 0 Å². The molecule has 0 aliphatic rings. The van der Waals surface area contributed by atoms with Gasteiger partial charge in [-0.1, -0.05) is 45.8 Å². The van der Waals surface area contributed by atoms with Crippen molar-refractivity contribution in [2.24, 2.45) is 0 Å². The Bertz CT molecular complexity index is 694. The molecule has 114 valence electrons. The first-order valence-electron chi connectivity index (χ1n) is 6.75. The minimum atomic E-state index is -0.185. The Morgan fingerprint density at radius 2 is 1.91 bits per heavy atom. The van der Waals surface area contributed by atoms with Crippen LogP contribution < -0.4 is 4.74 Å². The number of ketones is 1. The lowest BCUT2D eigenvalue weighted by atomic mass is 10.1. The van der Waals surface area contributed by atoms with Crippen LogP contribution in [0.15, 0.2) is 59.0 Å². The van der Waals surface area contributed by atoms with Crippen LogP contribution in [0.1, 0.15) is 15.9 Å². The second kappa shape index (κ2) is 7.22. The minimum absolute atomic E-state index is 0.185. The van der Waals surface area contributed by atoms with Crippen molar-refractivity contribution in [3.05, 3.63) is 70.2 Å². The van der Waals surface area contributed by atoms with Crippen molar-refractivity contribution in [1.82, 2.24) is 9.88 Å². The highest BCUT2D eigenvalue weighted by atomic mass is 79.9. The molecule has 1 heterocycles. The standard InChI is InChI=1S/C17H17BrN2O2/c1-12-4-6-13(7-5-12)17(21)15(11-20(2)3)22-16-10-14(18)8-9-19-16/h4-11H,1-3H3/b15-11+. The fourth-order valence-corrected chi connectivity index (χ4v) is 2.08. The van der Waals surface area contributed by atoms with Gasteiger partial charge in [-0.2, -0.15) is 0 Å². The van der Waals surface area contributed by atoms with Gasteiger partial charge in [0, 0.05) is 42.6 Å². The molecule has 0 bridgehead atoms. The molecular weight excluding hydrogens is 344 g/mol. The van der Waals surface area contributed by atoms with Gasteiger partial charge in [0.25, 0.3) is 0 Å². The Morgan fingerprint density at radius 1 is 1.23 bits per heavy atom. The Kier molecular flexibility index (Phi) is 5.33. The molecular formula is C17H17BrN2O2. The first-order chi connectivity index (χ1) is 10.5. The number of pyridine rings is 1. The third-order valence-corrected chi connectivity index (χ3v) is 3.32. The average molecular weight is 361 g/mol. The van der Waals surface area contributed by atoms with Crippen LogP contribution in [0.5, 0.6) is 5.88 Å². The monoisotopic (exact) mass is 360 g/mol. The maximum Gasteiger partial charge on any atom is 0.229 e. The van der Waals surface area contributed by atoms with Gasteiger partial charge in [-0.05, 0) is 13.0 Å². The van der Waals surface area contributed by atoms with Crippen molar-refractivity contribution < 1.29 is 9.53 Å². The largest absolute Gasteiger partial charge is 0.433 e. The number of allylic oxidation sites excluding steroid dienone is 1. The van der Waals surface area contributed by atoms with Crippen LogP contribution in [0.4, 0.5) is 0 Å². The summed E-state index contributed by atoms with van der Waals surface area (Å²) in [6.07, 6.45) is 3.26. The zero-order chi connectivity index (χ0) is 16.1. The molecule has 0 N–H and O–H groups in total. The predicted octanol–water partition coefficient (Wildman–Crippen LogP) is 3.82. The van der Waals surface area contributed by atoms with Gasteiger partial charge in [0.05, 0.1) is 0 Å². The van der Waals surface area contributed by atoms with E-state index < -0.39 is 0 Å². The molecule has 22 heavy (non-hydrogen) atoms. The smallest absolute Gasteiger partial charge is 0.229 e. The third-order valence-electron chi connectivity index (χ3n) is 2.82. The van der Waals surface area contributed by atoms with Crippen molar-refractivity contribution in [3.8, 4) is 5.88 Å². The molecule has 0 atom stereocenters. The average Bonchev–Trinajstić information content (AvgIpc) is 2.46. The number of aryl methyl sites for hydroxylation is 1. The van der Waals surface area contributed by atoms with Crippen LogP contribution in [-0.4, -0.2) is 29.8 Å². The van der Waals surface area contributed by atoms with E-state index in [4.69, 9.17) is 4.74 Å². The highest BCUT2D eigenvalue weighted by molar-refractivity contribution is 9.10. The highest BCUT2D eigenvalue weighted by Crippen LogP contribution is 2.19. The molecule has 2 aromatic rings. The Labute approximate surface area is 138 Å². The predicted molar refractivity (Wildman–Crippen MR) is 89.8 cm³/mol. The van der Waals surface area contributed by atoms with E-state index in [1.165, 1.54) is 0 Å². The van der Waals surface area contributed by atoms with Crippen LogP contribution in [-0.2, 0) is 0 Å². The summed E-state index contributed by atoms with van der Waals surface area (Å²) in [5.41, 5.74) is 1.68. The van der Waals surface area contributed by atoms with Crippen LogP contribution in [0, 0.1) is 6.92 Å². The molecule has 0 amide bonds. The van der Waals surface area contributed by atoms with Crippen LogP contribution in [0.25, 0.3) is 0 Å². The van der Waals surface area contributed by atoms with E-state index in [9.17, 15) is 4.79 Å². The maximum absolute atomic E-state index is 12.6. The molecule has 2 rings (SSSR count). The molecule has 1 aromatic heterocycles. The molecule has 0 saturated carbocycles. The number of carbonyl (C=O) groups is 1. The summed E-state index contributed by atoms with van der Waals surface area (Å²) in [5.74, 6) is 0.401. The summed E-state index contributed by atoms with van der Waals surface area (Å²) in [6, 6.07) is 10.9. The Balaban J connectivity index is 2.30. The topological polar surface area (TPSA) is 42.4 Å². The van der Waals surface area contributed by atoms with Gasteiger partial charge in [-0.15, -0.1) is 0 Å². The number of rotatable bonds is 5. The summed E-state index contributed by atoms with van der Waals surface area (Å²) in [5, 5.41) is 0. The van der Waals surface area contributed by atoms with Crippen LogP contribution in [0.3, 0.4) is 0 Å². The molecule has 0 unspecified atom stereocenters. The number of carbonyl (C=O) groups excluding carboxylic acids is 1. The number of ether oxygens (including phenoxy) is 1. The van der Waals surface area contributed by atoms with Gasteiger partial charge < -0.3 is 9.64 Å². The molecule has 4 nitrogen and oxygen atoms in total. The molecule has 0 aliphatic carbocycles. The molecule has 0 saturated heterocycles. The molecule has 0 aliphatic heterocycles. The first-order valence-corrected chi connectivity index (χ1v) is 7.54. The highest BCUT2D eigenvalue weighted by Gasteiger charge is 2.16. The third kappa shape index (κ3) is 4.43. The minimum Gasteiger partial charge on any atom is -0.433 e. The van der Waals surface area contributed by atoms with E-state index in [-0.39, 0.29) is 11.5 Å². The summed E-state index contributed by atoms with van der Waals surface area (Å²) in [7, 11) is 3.67. The fraction of sp³-hybridized carbons (Fsp3) is 0.176. The SMILES string of the molecule is Cc1ccc(C(=O)/C(=C\N(C)C)Oc2cc(Br)ccn2)cc1. The first kappa shape index (κ1) is 16.2. The van der Waals surface area contributed by atoms with Gasteiger partial charge in [0.15, 0.2) is 5.76 Å². The van der Waals surface area contributed by atoms with E-state index in [0.717, 1.165) is 10.0 Å². The van der Waals surface area contributed by atoms with E-state index in [2.05, 4.69) is 20.9 Å². The van der Waals surface area contributed by atoms with Gasteiger partial charge in [-0.25, -0.2) is 4.98 Å². The number of hydrogen-bond donors (Lipinski definition) is 0. The lowest BCUT2D eigenvalue weighted by Crippen LogP contribution is -2.15. The number of benzene rings is 1. The summed E-state index contributed by atoms with van der Waals surface area (Å²) < 4.78 is 6.52. The number of Topliss-reactive ketones (excluding diaryl/α,β-unsaturated/α-hetero) is 1. The fourth-order valence-electron chi connectivity index (χ4n) is 1.77.